The molecule has 114 valence electrons. The van der Waals surface area contributed by atoms with E-state index in [1.54, 1.807) is 0 Å². The monoisotopic (exact) mass is 288 g/mol. The molecule has 4 nitrogen and oxygen atoms in total. The summed E-state index contributed by atoms with van der Waals surface area (Å²) in [7, 11) is 0. The Morgan fingerprint density at radius 3 is 3.00 bits per heavy atom. The van der Waals surface area contributed by atoms with Crippen LogP contribution in [0.5, 0.6) is 0 Å². The van der Waals surface area contributed by atoms with E-state index in [9.17, 15) is 0 Å². The molecule has 1 aliphatic rings. The van der Waals surface area contributed by atoms with Gasteiger partial charge in [-0.05, 0) is 19.5 Å². The van der Waals surface area contributed by atoms with Crippen LogP contribution >= 0.6 is 0 Å². The van der Waals surface area contributed by atoms with Crippen LogP contribution in [0.1, 0.15) is 25.2 Å². The van der Waals surface area contributed by atoms with Gasteiger partial charge in [0.2, 0.25) is 0 Å². The van der Waals surface area contributed by atoms with Crippen LogP contribution in [-0.4, -0.2) is 37.2 Å². The number of nitrogens with zero attached hydrogens (tertiary/aromatic N) is 1. The molecule has 4 heteroatoms. The van der Waals surface area contributed by atoms with Crippen molar-refractivity contribution in [2.24, 2.45) is 0 Å². The SMILES string of the molecule is CCNCc1c(CN2CCOCC2C)oc2ccccc12. The molecule has 1 saturated heterocycles. The molecule has 0 radical (unpaired) electrons. The first kappa shape index (κ1) is 14.6. The lowest BCUT2D eigenvalue weighted by atomic mass is 10.1. The van der Waals surface area contributed by atoms with E-state index in [0.717, 1.165) is 50.7 Å². The first-order chi connectivity index (χ1) is 10.3. The maximum atomic E-state index is 6.12. The maximum Gasteiger partial charge on any atom is 0.134 e. The Morgan fingerprint density at radius 1 is 1.33 bits per heavy atom. The number of hydrogen-bond donors (Lipinski definition) is 1. The lowest BCUT2D eigenvalue weighted by Gasteiger charge is -2.32. The number of hydrogen-bond acceptors (Lipinski definition) is 4. The van der Waals surface area contributed by atoms with Crippen LogP contribution in [0.15, 0.2) is 28.7 Å². The van der Waals surface area contributed by atoms with Crippen molar-refractivity contribution in [2.45, 2.75) is 33.0 Å². The van der Waals surface area contributed by atoms with E-state index >= 15 is 0 Å². The summed E-state index contributed by atoms with van der Waals surface area (Å²) in [5.41, 5.74) is 2.28. The van der Waals surface area contributed by atoms with Gasteiger partial charge in [0.05, 0.1) is 19.8 Å². The number of morpholine rings is 1. The highest BCUT2D eigenvalue weighted by molar-refractivity contribution is 5.82. The third kappa shape index (κ3) is 3.12. The average molecular weight is 288 g/mol. The molecule has 1 unspecified atom stereocenters. The van der Waals surface area contributed by atoms with E-state index in [-0.39, 0.29) is 0 Å². The van der Waals surface area contributed by atoms with Crippen LogP contribution < -0.4 is 5.32 Å². The zero-order valence-electron chi connectivity index (χ0n) is 12.9. The van der Waals surface area contributed by atoms with Gasteiger partial charge in [-0.25, -0.2) is 0 Å². The summed E-state index contributed by atoms with van der Waals surface area (Å²) in [5.74, 6) is 1.09. The molecule has 1 aromatic carbocycles. The largest absolute Gasteiger partial charge is 0.459 e. The quantitative estimate of drug-likeness (QED) is 0.918. The highest BCUT2D eigenvalue weighted by atomic mass is 16.5. The minimum atomic E-state index is 0.443. The predicted molar refractivity (Wildman–Crippen MR) is 84.3 cm³/mol. The third-order valence-electron chi connectivity index (χ3n) is 4.19. The molecule has 0 amide bonds. The van der Waals surface area contributed by atoms with Crippen LogP contribution in [-0.2, 0) is 17.8 Å². The Bertz CT molecular complexity index is 593. The summed E-state index contributed by atoms with van der Waals surface area (Å²) in [6, 6.07) is 8.76. The molecule has 2 heterocycles. The molecule has 1 aliphatic heterocycles. The Balaban J connectivity index is 1.88. The summed E-state index contributed by atoms with van der Waals surface area (Å²) >= 11 is 0. The number of para-hydroxylation sites is 1. The zero-order valence-corrected chi connectivity index (χ0v) is 12.9. The van der Waals surface area contributed by atoms with Crippen molar-refractivity contribution in [1.29, 1.82) is 0 Å². The summed E-state index contributed by atoms with van der Waals surface area (Å²) in [4.78, 5) is 2.44. The maximum absolute atomic E-state index is 6.12. The van der Waals surface area contributed by atoms with Crippen molar-refractivity contribution in [1.82, 2.24) is 10.2 Å². The smallest absolute Gasteiger partial charge is 0.134 e. The number of furan rings is 1. The minimum Gasteiger partial charge on any atom is -0.459 e. The van der Waals surface area contributed by atoms with Crippen molar-refractivity contribution in [3.8, 4) is 0 Å². The number of benzene rings is 1. The highest BCUT2D eigenvalue weighted by Gasteiger charge is 2.22. The molecule has 1 N–H and O–H groups in total. The number of nitrogens with one attached hydrogen (secondary N) is 1. The Labute approximate surface area is 126 Å². The van der Waals surface area contributed by atoms with Crippen LogP contribution in [0.2, 0.25) is 0 Å². The molecule has 1 atom stereocenters. The van der Waals surface area contributed by atoms with E-state index < -0.39 is 0 Å². The topological polar surface area (TPSA) is 37.6 Å². The van der Waals surface area contributed by atoms with Gasteiger partial charge in [0, 0.05) is 30.1 Å². The van der Waals surface area contributed by atoms with Gasteiger partial charge >= 0.3 is 0 Å². The zero-order chi connectivity index (χ0) is 14.7. The van der Waals surface area contributed by atoms with Gasteiger partial charge < -0.3 is 14.5 Å². The molecule has 0 saturated carbocycles. The molecule has 1 fully saturated rings. The first-order valence-electron chi connectivity index (χ1n) is 7.81. The van der Waals surface area contributed by atoms with E-state index in [4.69, 9.17) is 9.15 Å². The molecule has 1 aromatic heterocycles. The van der Waals surface area contributed by atoms with Crippen molar-refractivity contribution < 1.29 is 9.15 Å². The summed E-state index contributed by atoms with van der Waals surface area (Å²) in [6.07, 6.45) is 0. The fraction of sp³-hybridized carbons (Fsp3) is 0.529. The molecule has 2 aromatic rings. The number of ether oxygens (including phenoxy) is 1. The van der Waals surface area contributed by atoms with E-state index in [1.807, 2.05) is 6.07 Å². The second-order valence-corrected chi connectivity index (χ2v) is 5.67. The average Bonchev–Trinajstić information content (AvgIpc) is 2.85. The van der Waals surface area contributed by atoms with Crippen LogP contribution in [0, 0.1) is 0 Å². The van der Waals surface area contributed by atoms with Gasteiger partial charge in [-0.3, -0.25) is 4.90 Å². The molecular formula is C17H24N2O2. The molecule has 0 aliphatic carbocycles. The van der Waals surface area contributed by atoms with Gasteiger partial charge in [-0.1, -0.05) is 25.1 Å². The standard InChI is InChI=1S/C17H24N2O2/c1-3-18-10-15-14-6-4-5-7-16(14)21-17(15)11-19-8-9-20-12-13(19)2/h4-7,13,18H,3,8-12H2,1-2H3. The fourth-order valence-corrected chi connectivity index (χ4v) is 2.90. The highest BCUT2D eigenvalue weighted by Crippen LogP contribution is 2.27. The summed E-state index contributed by atoms with van der Waals surface area (Å²) < 4.78 is 11.6. The normalized spacial score (nSPS) is 20.2. The number of fused-ring (bicyclic) bond motifs is 1. The minimum absolute atomic E-state index is 0.443. The Morgan fingerprint density at radius 2 is 2.19 bits per heavy atom. The van der Waals surface area contributed by atoms with Gasteiger partial charge in [0.1, 0.15) is 11.3 Å². The summed E-state index contributed by atoms with van der Waals surface area (Å²) in [6.45, 7) is 9.63. The molecule has 21 heavy (non-hydrogen) atoms. The number of rotatable bonds is 5. The molecular weight excluding hydrogens is 264 g/mol. The molecule has 0 spiro atoms. The molecule has 3 rings (SSSR count). The predicted octanol–water partition coefficient (Wildman–Crippen LogP) is 2.76. The van der Waals surface area contributed by atoms with Crippen molar-refractivity contribution in [3.63, 3.8) is 0 Å². The van der Waals surface area contributed by atoms with E-state index in [1.165, 1.54) is 10.9 Å². The second kappa shape index (κ2) is 6.60. The van der Waals surface area contributed by atoms with Crippen molar-refractivity contribution in [3.05, 3.63) is 35.6 Å². The van der Waals surface area contributed by atoms with Gasteiger partial charge in [-0.15, -0.1) is 0 Å². The van der Waals surface area contributed by atoms with Crippen LogP contribution in [0.3, 0.4) is 0 Å². The van der Waals surface area contributed by atoms with Gasteiger partial charge in [0.25, 0.3) is 0 Å². The van der Waals surface area contributed by atoms with Crippen LogP contribution in [0.4, 0.5) is 0 Å². The van der Waals surface area contributed by atoms with Crippen molar-refractivity contribution >= 4 is 11.0 Å². The van der Waals surface area contributed by atoms with Crippen LogP contribution in [0.25, 0.3) is 11.0 Å². The first-order valence-corrected chi connectivity index (χ1v) is 7.81. The Kier molecular flexibility index (Phi) is 4.58. The van der Waals surface area contributed by atoms with E-state index in [2.05, 4.69) is 42.3 Å². The molecule has 0 bridgehead atoms. The third-order valence-corrected chi connectivity index (χ3v) is 4.19. The van der Waals surface area contributed by atoms with Gasteiger partial charge in [0.15, 0.2) is 0 Å². The lowest BCUT2D eigenvalue weighted by molar-refractivity contribution is -0.00705. The fourth-order valence-electron chi connectivity index (χ4n) is 2.90. The van der Waals surface area contributed by atoms with E-state index in [0.29, 0.717) is 6.04 Å². The van der Waals surface area contributed by atoms with Gasteiger partial charge in [-0.2, -0.15) is 0 Å². The Hall–Kier alpha value is -1.36. The lowest BCUT2D eigenvalue weighted by Crippen LogP contribution is -2.43. The second-order valence-electron chi connectivity index (χ2n) is 5.67. The van der Waals surface area contributed by atoms with Crippen molar-refractivity contribution in [2.75, 3.05) is 26.3 Å². The summed E-state index contributed by atoms with van der Waals surface area (Å²) in [5, 5.41) is 4.66.